The van der Waals surface area contributed by atoms with Gasteiger partial charge < -0.3 is 20.2 Å². The van der Waals surface area contributed by atoms with Gasteiger partial charge in [-0.15, -0.1) is 0 Å². The zero-order chi connectivity index (χ0) is 14.4. The molecule has 2 N–H and O–H groups in total. The van der Waals surface area contributed by atoms with Gasteiger partial charge in [-0.25, -0.2) is 4.79 Å². The highest BCUT2D eigenvalue weighted by Crippen LogP contribution is 2.38. The third-order valence-electron chi connectivity index (χ3n) is 4.86. The van der Waals surface area contributed by atoms with Crippen LogP contribution in [0.25, 0.3) is 0 Å². The van der Waals surface area contributed by atoms with Crippen molar-refractivity contribution in [3.8, 4) is 0 Å². The Morgan fingerprint density at radius 3 is 2.45 bits per heavy atom. The maximum Gasteiger partial charge on any atom is 0.407 e. The van der Waals surface area contributed by atoms with E-state index in [1.54, 1.807) is 4.90 Å². The Balaban J connectivity index is 2.01. The highest BCUT2D eigenvalue weighted by atomic mass is 16.4. The fourth-order valence-corrected chi connectivity index (χ4v) is 3.73. The number of nitrogens with zero attached hydrogens (tertiary/aromatic N) is 2. The van der Waals surface area contributed by atoms with Crippen molar-refractivity contribution in [2.75, 3.05) is 45.8 Å². The molecule has 0 bridgehead atoms. The highest BCUT2D eigenvalue weighted by molar-refractivity contribution is 5.64. The lowest BCUT2D eigenvalue weighted by atomic mass is 9.73. The van der Waals surface area contributed by atoms with Crippen LogP contribution in [0.5, 0.6) is 0 Å². The number of rotatable bonds is 5. The third kappa shape index (κ3) is 4.09. The van der Waals surface area contributed by atoms with Crippen molar-refractivity contribution < 1.29 is 9.90 Å². The lowest BCUT2D eigenvalue weighted by molar-refractivity contribution is 0.0540. The van der Waals surface area contributed by atoms with E-state index in [-0.39, 0.29) is 5.41 Å². The van der Waals surface area contributed by atoms with Gasteiger partial charge in [0.05, 0.1) is 0 Å². The lowest BCUT2D eigenvalue weighted by Gasteiger charge is -2.44. The highest BCUT2D eigenvalue weighted by Gasteiger charge is 2.36. The summed E-state index contributed by atoms with van der Waals surface area (Å²) in [5.41, 5.74) is 0.185. The summed E-state index contributed by atoms with van der Waals surface area (Å²) < 4.78 is 0. The molecule has 0 radical (unpaired) electrons. The number of amides is 1. The maximum absolute atomic E-state index is 11.3. The van der Waals surface area contributed by atoms with E-state index in [0.717, 1.165) is 32.7 Å². The van der Waals surface area contributed by atoms with E-state index in [9.17, 15) is 9.90 Å². The topological polar surface area (TPSA) is 55.8 Å². The van der Waals surface area contributed by atoms with Crippen molar-refractivity contribution in [1.82, 2.24) is 15.1 Å². The summed E-state index contributed by atoms with van der Waals surface area (Å²) in [4.78, 5) is 15.5. The molecular weight excluding hydrogens is 254 g/mol. The molecule has 0 aromatic rings. The van der Waals surface area contributed by atoms with E-state index < -0.39 is 6.09 Å². The molecular formula is C15H29N3O2. The van der Waals surface area contributed by atoms with E-state index in [1.165, 1.54) is 32.1 Å². The smallest absolute Gasteiger partial charge is 0.407 e. The van der Waals surface area contributed by atoms with Crippen LogP contribution in [0, 0.1) is 5.41 Å². The van der Waals surface area contributed by atoms with Gasteiger partial charge in [-0.2, -0.15) is 0 Å². The second-order valence-corrected chi connectivity index (χ2v) is 6.38. The fourth-order valence-electron chi connectivity index (χ4n) is 3.73. The Morgan fingerprint density at radius 1 is 1.25 bits per heavy atom. The molecule has 0 unspecified atom stereocenters. The van der Waals surface area contributed by atoms with Crippen molar-refractivity contribution in [2.24, 2.45) is 5.41 Å². The quantitative estimate of drug-likeness (QED) is 0.808. The predicted octanol–water partition coefficient (Wildman–Crippen LogP) is 1.84. The largest absolute Gasteiger partial charge is 0.465 e. The second kappa shape index (κ2) is 7.27. The Labute approximate surface area is 122 Å². The zero-order valence-electron chi connectivity index (χ0n) is 12.7. The van der Waals surface area contributed by atoms with Crippen molar-refractivity contribution in [3.05, 3.63) is 0 Å². The summed E-state index contributed by atoms with van der Waals surface area (Å²) >= 11 is 0. The average Bonchev–Trinajstić information content (AvgIpc) is 2.46. The molecule has 1 amide bonds. The number of hydrogen-bond acceptors (Lipinski definition) is 3. The van der Waals surface area contributed by atoms with E-state index >= 15 is 0 Å². The summed E-state index contributed by atoms with van der Waals surface area (Å²) in [7, 11) is 0. The zero-order valence-corrected chi connectivity index (χ0v) is 12.7. The lowest BCUT2D eigenvalue weighted by Crippen LogP contribution is -2.52. The van der Waals surface area contributed by atoms with Gasteiger partial charge in [-0.05, 0) is 19.8 Å². The molecule has 0 spiro atoms. The molecule has 2 fully saturated rings. The molecule has 1 saturated heterocycles. The number of carboxylic acid groups (broad SMARTS) is 1. The van der Waals surface area contributed by atoms with E-state index in [2.05, 4.69) is 10.2 Å². The van der Waals surface area contributed by atoms with E-state index in [0.29, 0.717) is 13.1 Å². The fraction of sp³-hybridized carbons (Fsp3) is 0.933. The van der Waals surface area contributed by atoms with Crippen molar-refractivity contribution in [2.45, 2.75) is 39.0 Å². The van der Waals surface area contributed by atoms with Crippen LogP contribution < -0.4 is 5.32 Å². The molecule has 116 valence electrons. The van der Waals surface area contributed by atoms with Crippen LogP contribution >= 0.6 is 0 Å². The van der Waals surface area contributed by atoms with Crippen molar-refractivity contribution in [3.63, 3.8) is 0 Å². The third-order valence-corrected chi connectivity index (χ3v) is 4.86. The summed E-state index contributed by atoms with van der Waals surface area (Å²) in [5, 5.41) is 12.7. The Kier molecular flexibility index (Phi) is 5.66. The van der Waals surface area contributed by atoms with Crippen molar-refractivity contribution in [1.29, 1.82) is 0 Å². The van der Waals surface area contributed by atoms with Gasteiger partial charge in [0.1, 0.15) is 0 Å². The van der Waals surface area contributed by atoms with Gasteiger partial charge in [0.15, 0.2) is 0 Å². The van der Waals surface area contributed by atoms with Gasteiger partial charge in [0, 0.05) is 51.2 Å². The SMILES string of the molecule is CCN(CC1(CN2CCNCC2)CCCCC1)C(=O)O. The average molecular weight is 283 g/mol. The molecule has 2 rings (SSSR count). The number of piperazine rings is 1. The monoisotopic (exact) mass is 283 g/mol. The maximum atomic E-state index is 11.3. The first-order valence-corrected chi connectivity index (χ1v) is 8.06. The minimum absolute atomic E-state index is 0.185. The molecule has 1 heterocycles. The molecule has 5 heteroatoms. The first kappa shape index (κ1) is 15.6. The summed E-state index contributed by atoms with van der Waals surface area (Å²) in [6.45, 7) is 8.64. The molecule has 2 aliphatic rings. The molecule has 0 aromatic heterocycles. The molecule has 5 nitrogen and oxygen atoms in total. The summed E-state index contributed by atoms with van der Waals surface area (Å²) in [5.74, 6) is 0. The van der Waals surface area contributed by atoms with Gasteiger partial charge in [-0.1, -0.05) is 19.3 Å². The van der Waals surface area contributed by atoms with E-state index in [1.807, 2.05) is 6.92 Å². The first-order valence-electron chi connectivity index (χ1n) is 8.06. The molecule has 0 aromatic carbocycles. The van der Waals surface area contributed by atoms with Crippen LogP contribution in [0.1, 0.15) is 39.0 Å². The minimum Gasteiger partial charge on any atom is -0.465 e. The minimum atomic E-state index is -0.766. The molecule has 1 saturated carbocycles. The molecule has 0 atom stereocenters. The second-order valence-electron chi connectivity index (χ2n) is 6.38. The van der Waals surface area contributed by atoms with Crippen LogP contribution in [0.4, 0.5) is 4.79 Å². The predicted molar refractivity (Wildman–Crippen MR) is 80.1 cm³/mol. The van der Waals surface area contributed by atoms with Crippen molar-refractivity contribution >= 4 is 6.09 Å². The normalized spacial score (nSPS) is 23.4. The van der Waals surface area contributed by atoms with Crippen LogP contribution in [-0.2, 0) is 0 Å². The Bertz CT molecular complexity index is 310. The molecule has 1 aliphatic carbocycles. The summed E-state index contributed by atoms with van der Waals surface area (Å²) in [6, 6.07) is 0. The molecule has 20 heavy (non-hydrogen) atoms. The first-order chi connectivity index (χ1) is 9.65. The standard InChI is InChI=1S/C15H29N3O2/c1-2-18(14(19)20)13-15(6-4-3-5-7-15)12-17-10-8-16-9-11-17/h16H,2-13H2,1H3,(H,19,20). The van der Waals surface area contributed by atoms with Crippen LogP contribution in [0.2, 0.25) is 0 Å². The van der Waals surface area contributed by atoms with Crippen LogP contribution in [0.15, 0.2) is 0 Å². The Hall–Kier alpha value is -0.810. The van der Waals surface area contributed by atoms with Crippen LogP contribution in [0.3, 0.4) is 0 Å². The number of hydrogen-bond donors (Lipinski definition) is 2. The summed E-state index contributed by atoms with van der Waals surface area (Å²) in [6.07, 6.45) is 5.41. The van der Waals surface area contributed by atoms with Gasteiger partial charge in [0.2, 0.25) is 0 Å². The number of nitrogens with one attached hydrogen (secondary N) is 1. The van der Waals surface area contributed by atoms with Crippen LogP contribution in [-0.4, -0.2) is 66.8 Å². The number of carbonyl (C=O) groups is 1. The molecule has 1 aliphatic heterocycles. The van der Waals surface area contributed by atoms with Gasteiger partial charge in [-0.3, -0.25) is 0 Å². The van der Waals surface area contributed by atoms with Gasteiger partial charge in [0.25, 0.3) is 0 Å². The van der Waals surface area contributed by atoms with E-state index in [4.69, 9.17) is 0 Å². The Morgan fingerprint density at radius 2 is 1.90 bits per heavy atom. The van der Waals surface area contributed by atoms with Gasteiger partial charge >= 0.3 is 6.09 Å².